The highest BCUT2D eigenvalue weighted by Gasteiger charge is 2.51. The van der Waals surface area contributed by atoms with E-state index in [9.17, 15) is 0 Å². The molecule has 0 N–H and O–H groups in total. The van der Waals surface area contributed by atoms with Gasteiger partial charge in [-0.2, -0.15) is 0 Å². The summed E-state index contributed by atoms with van der Waals surface area (Å²) in [5, 5.41) is 1.08. The number of aryl methyl sites for hydroxylation is 1. The number of benzene rings is 1. The van der Waals surface area contributed by atoms with E-state index in [1.165, 1.54) is 4.88 Å². The van der Waals surface area contributed by atoms with Gasteiger partial charge in [0.1, 0.15) is 0 Å². The number of thiazole rings is 1. The lowest BCUT2D eigenvalue weighted by atomic mass is 9.78. The highest BCUT2D eigenvalue weighted by Crippen LogP contribution is 2.36. The Labute approximate surface area is 154 Å². The zero-order chi connectivity index (χ0) is 18.2. The molecule has 25 heavy (non-hydrogen) atoms. The molecule has 0 spiro atoms. The van der Waals surface area contributed by atoms with Gasteiger partial charge in [-0.05, 0) is 59.1 Å². The van der Waals surface area contributed by atoms with Crippen LogP contribution in [-0.2, 0) is 9.31 Å². The van der Waals surface area contributed by atoms with E-state index in [4.69, 9.17) is 9.31 Å². The fourth-order valence-corrected chi connectivity index (χ4v) is 3.37. The minimum Gasteiger partial charge on any atom is -0.399 e. The van der Waals surface area contributed by atoms with Crippen LogP contribution in [0.1, 0.15) is 56.0 Å². The Kier molecular flexibility index (Phi) is 4.81. The maximum Gasteiger partial charge on any atom is 0.494 e. The summed E-state index contributed by atoms with van der Waals surface area (Å²) < 4.78 is 12.3. The SMILES string of the molecule is Cc1ncc([C@@H](C)C#Cc2cccc(B3OC(C)(C)C(C)(C)O3)c2)s1. The predicted octanol–water partition coefficient (Wildman–Crippen LogP) is 3.91. The highest BCUT2D eigenvalue weighted by atomic mass is 32.1. The lowest BCUT2D eigenvalue weighted by Gasteiger charge is -2.32. The molecule has 3 nitrogen and oxygen atoms in total. The predicted molar refractivity (Wildman–Crippen MR) is 104 cm³/mol. The van der Waals surface area contributed by atoms with Gasteiger partial charge in [0.2, 0.25) is 0 Å². The fraction of sp³-hybridized carbons (Fsp3) is 0.450. The molecule has 0 bridgehead atoms. The van der Waals surface area contributed by atoms with Gasteiger partial charge in [-0.25, -0.2) is 4.98 Å². The van der Waals surface area contributed by atoms with E-state index < -0.39 is 0 Å². The van der Waals surface area contributed by atoms with Crippen molar-refractivity contribution in [1.29, 1.82) is 0 Å². The first-order valence-corrected chi connectivity index (χ1v) is 9.39. The van der Waals surface area contributed by atoms with Gasteiger partial charge in [0, 0.05) is 16.6 Å². The van der Waals surface area contributed by atoms with E-state index >= 15 is 0 Å². The number of rotatable bonds is 2. The van der Waals surface area contributed by atoms with Crippen molar-refractivity contribution in [2.24, 2.45) is 0 Å². The molecule has 3 rings (SSSR count). The molecule has 1 aliphatic heterocycles. The molecule has 1 atom stereocenters. The van der Waals surface area contributed by atoms with Crippen LogP contribution in [0.15, 0.2) is 30.5 Å². The molecule has 1 fully saturated rings. The van der Waals surface area contributed by atoms with Gasteiger partial charge in [-0.15, -0.1) is 11.3 Å². The van der Waals surface area contributed by atoms with Crippen molar-refractivity contribution in [1.82, 2.24) is 4.98 Å². The topological polar surface area (TPSA) is 31.4 Å². The third-order valence-electron chi connectivity index (χ3n) is 4.91. The third-order valence-corrected chi connectivity index (χ3v) is 6.01. The molecule has 0 radical (unpaired) electrons. The maximum absolute atomic E-state index is 6.13. The summed E-state index contributed by atoms with van der Waals surface area (Å²) in [4.78, 5) is 5.50. The minimum absolute atomic E-state index is 0.173. The molecule has 0 saturated carbocycles. The van der Waals surface area contributed by atoms with Crippen LogP contribution in [0.3, 0.4) is 0 Å². The molecule has 130 valence electrons. The number of aromatic nitrogens is 1. The van der Waals surface area contributed by atoms with Crippen molar-refractivity contribution in [2.45, 2.75) is 58.7 Å². The molecule has 1 aliphatic rings. The van der Waals surface area contributed by atoms with Crippen molar-refractivity contribution in [3.63, 3.8) is 0 Å². The Morgan fingerprint density at radius 3 is 2.44 bits per heavy atom. The first-order valence-electron chi connectivity index (χ1n) is 8.57. The molecular formula is C20H24BNO2S. The molecular weight excluding hydrogens is 329 g/mol. The second-order valence-corrected chi connectivity index (χ2v) is 8.75. The normalized spacial score (nSPS) is 19.4. The Balaban J connectivity index is 1.78. The highest BCUT2D eigenvalue weighted by molar-refractivity contribution is 7.11. The van der Waals surface area contributed by atoms with E-state index in [0.717, 1.165) is 16.0 Å². The van der Waals surface area contributed by atoms with E-state index in [-0.39, 0.29) is 24.2 Å². The van der Waals surface area contributed by atoms with Crippen LogP contribution in [0.4, 0.5) is 0 Å². The van der Waals surface area contributed by atoms with Crippen LogP contribution >= 0.6 is 11.3 Å². The van der Waals surface area contributed by atoms with Crippen LogP contribution in [0.2, 0.25) is 0 Å². The summed E-state index contributed by atoms with van der Waals surface area (Å²) in [6, 6.07) is 8.11. The second-order valence-electron chi connectivity index (χ2n) is 7.49. The van der Waals surface area contributed by atoms with Crippen LogP contribution in [-0.4, -0.2) is 23.3 Å². The molecule has 0 unspecified atom stereocenters. The van der Waals surface area contributed by atoms with Crippen LogP contribution in [0, 0.1) is 18.8 Å². The van der Waals surface area contributed by atoms with Crippen molar-refractivity contribution >= 4 is 23.9 Å². The van der Waals surface area contributed by atoms with Gasteiger partial charge in [0.05, 0.1) is 22.1 Å². The molecule has 5 heteroatoms. The lowest BCUT2D eigenvalue weighted by Crippen LogP contribution is -2.41. The molecule has 2 aromatic rings. The molecule has 1 aromatic carbocycles. The van der Waals surface area contributed by atoms with Gasteiger partial charge < -0.3 is 9.31 Å². The second kappa shape index (κ2) is 6.61. The standard InChI is InChI=1S/C20H24BNO2S/c1-14(18-13-22-15(2)25-18)10-11-16-8-7-9-17(12-16)21-23-19(3,4)20(5,6)24-21/h7-9,12-14H,1-6H3/t14-/m0/s1. The van der Waals surface area contributed by atoms with E-state index in [1.807, 2.05) is 31.3 Å². The summed E-state index contributed by atoms with van der Waals surface area (Å²) in [6.45, 7) is 12.4. The molecule has 1 saturated heterocycles. The van der Waals surface area contributed by atoms with Crippen molar-refractivity contribution in [2.75, 3.05) is 0 Å². The lowest BCUT2D eigenvalue weighted by molar-refractivity contribution is 0.00578. The average Bonchev–Trinajstić information content (AvgIpc) is 3.06. The first-order chi connectivity index (χ1) is 11.7. The Bertz CT molecular complexity index is 815. The summed E-state index contributed by atoms with van der Waals surface area (Å²) in [5.41, 5.74) is 1.31. The van der Waals surface area contributed by atoms with Gasteiger partial charge in [0.15, 0.2) is 0 Å². The van der Waals surface area contributed by atoms with Crippen molar-refractivity contribution in [3.05, 3.63) is 45.9 Å². The smallest absolute Gasteiger partial charge is 0.399 e. The Hall–Kier alpha value is -1.61. The van der Waals surface area contributed by atoms with Crippen molar-refractivity contribution < 1.29 is 9.31 Å². The summed E-state index contributed by atoms with van der Waals surface area (Å²) in [7, 11) is -0.353. The van der Waals surface area contributed by atoms with Gasteiger partial charge >= 0.3 is 7.12 Å². The molecule has 1 aromatic heterocycles. The molecule has 2 heterocycles. The Morgan fingerprint density at radius 2 is 1.84 bits per heavy atom. The number of hydrogen-bond donors (Lipinski definition) is 0. The van der Waals surface area contributed by atoms with Crippen LogP contribution in [0.25, 0.3) is 0 Å². The van der Waals surface area contributed by atoms with E-state index in [1.54, 1.807) is 11.3 Å². The summed E-state index contributed by atoms with van der Waals surface area (Å²) >= 11 is 1.70. The van der Waals surface area contributed by atoms with Crippen LogP contribution in [0.5, 0.6) is 0 Å². The van der Waals surface area contributed by atoms with Gasteiger partial charge in [0.25, 0.3) is 0 Å². The fourth-order valence-electron chi connectivity index (χ4n) is 2.58. The number of hydrogen-bond acceptors (Lipinski definition) is 4. The van der Waals surface area contributed by atoms with Gasteiger partial charge in [-0.1, -0.05) is 24.0 Å². The average molecular weight is 353 g/mol. The maximum atomic E-state index is 6.13. The third kappa shape index (κ3) is 3.82. The Morgan fingerprint density at radius 1 is 1.16 bits per heavy atom. The monoisotopic (exact) mass is 353 g/mol. The van der Waals surface area contributed by atoms with Crippen molar-refractivity contribution in [3.8, 4) is 11.8 Å². The molecule has 0 amide bonds. The van der Waals surface area contributed by atoms with Gasteiger partial charge in [-0.3, -0.25) is 0 Å². The van der Waals surface area contributed by atoms with E-state index in [0.29, 0.717) is 0 Å². The number of nitrogens with zero attached hydrogens (tertiary/aromatic N) is 1. The summed E-state index contributed by atoms with van der Waals surface area (Å²) in [6.07, 6.45) is 1.92. The zero-order valence-corrected chi connectivity index (χ0v) is 16.5. The minimum atomic E-state index is -0.353. The zero-order valence-electron chi connectivity index (χ0n) is 15.7. The molecule has 0 aliphatic carbocycles. The first kappa shape index (κ1) is 18.2. The summed E-state index contributed by atoms with van der Waals surface area (Å²) in [5.74, 6) is 6.77. The quantitative estimate of drug-likeness (QED) is 0.606. The van der Waals surface area contributed by atoms with Crippen LogP contribution < -0.4 is 5.46 Å². The largest absolute Gasteiger partial charge is 0.494 e. The van der Waals surface area contributed by atoms with E-state index in [2.05, 4.69) is 57.5 Å².